The number of aromatic nitrogens is 2. The SMILES string of the molecule is CC(=O)Nc1ccc(NC(=O)CCc2nc3ccccc3n(CCc3ccccc3)c2=O)cc1. The van der Waals surface area contributed by atoms with E-state index in [1.807, 2.05) is 54.6 Å². The van der Waals surface area contributed by atoms with Gasteiger partial charge in [0.05, 0.1) is 11.0 Å². The van der Waals surface area contributed by atoms with Gasteiger partial charge in [-0.25, -0.2) is 4.98 Å². The third kappa shape index (κ3) is 5.75. The molecule has 7 heteroatoms. The molecule has 7 nitrogen and oxygen atoms in total. The maximum Gasteiger partial charge on any atom is 0.272 e. The summed E-state index contributed by atoms with van der Waals surface area (Å²) in [6.07, 6.45) is 1.10. The Morgan fingerprint density at radius 3 is 2.18 bits per heavy atom. The van der Waals surface area contributed by atoms with Gasteiger partial charge in [-0.15, -0.1) is 0 Å². The normalized spacial score (nSPS) is 10.7. The van der Waals surface area contributed by atoms with E-state index >= 15 is 0 Å². The molecule has 0 saturated heterocycles. The predicted octanol–water partition coefficient (Wildman–Crippen LogP) is 4.17. The van der Waals surface area contributed by atoms with Crippen LogP contribution >= 0.6 is 0 Å². The predicted molar refractivity (Wildman–Crippen MR) is 134 cm³/mol. The molecule has 0 unspecified atom stereocenters. The van der Waals surface area contributed by atoms with Crippen LogP contribution in [-0.2, 0) is 29.0 Å². The molecule has 3 aromatic carbocycles. The molecule has 4 rings (SSSR count). The van der Waals surface area contributed by atoms with Crippen molar-refractivity contribution in [3.8, 4) is 0 Å². The lowest BCUT2D eigenvalue weighted by molar-refractivity contribution is -0.116. The summed E-state index contributed by atoms with van der Waals surface area (Å²) in [5.41, 5.74) is 4.16. The van der Waals surface area contributed by atoms with Crippen LogP contribution in [-0.4, -0.2) is 21.4 Å². The number of fused-ring (bicyclic) bond motifs is 1. The second kappa shape index (κ2) is 10.6. The Kier molecular flexibility index (Phi) is 7.13. The van der Waals surface area contributed by atoms with E-state index in [1.54, 1.807) is 28.8 Å². The van der Waals surface area contributed by atoms with Crippen molar-refractivity contribution < 1.29 is 9.59 Å². The first-order valence-corrected chi connectivity index (χ1v) is 11.2. The highest BCUT2D eigenvalue weighted by molar-refractivity contribution is 5.92. The number of anilines is 2. The van der Waals surface area contributed by atoms with Crippen LogP contribution in [0.5, 0.6) is 0 Å². The number of aryl methyl sites for hydroxylation is 3. The molecule has 172 valence electrons. The summed E-state index contributed by atoms with van der Waals surface area (Å²) in [7, 11) is 0. The third-order valence-electron chi connectivity index (χ3n) is 5.46. The molecule has 0 saturated carbocycles. The number of hydrogen-bond acceptors (Lipinski definition) is 4. The van der Waals surface area contributed by atoms with Crippen molar-refractivity contribution in [1.82, 2.24) is 9.55 Å². The van der Waals surface area contributed by atoms with E-state index in [0.29, 0.717) is 23.6 Å². The monoisotopic (exact) mass is 454 g/mol. The number of benzene rings is 3. The van der Waals surface area contributed by atoms with Crippen LogP contribution in [0.4, 0.5) is 11.4 Å². The van der Waals surface area contributed by atoms with Gasteiger partial charge in [-0.05, 0) is 48.4 Å². The summed E-state index contributed by atoms with van der Waals surface area (Å²) in [6, 6.07) is 24.5. The second-order valence-electron chi connectivity index (χ2n) is 8.05. The van der Waals surface area contributed by atoms with Crippen LogP contribution in [0, 0.1) is 0 Å². The first-order valence-electron chi connectivity index (χ1n) is 11.2. The van der Waals surface area contributed by atoms with Gasteiger partial charge in [0.15, 0.2) is 0 Å². The quantitative estimate of drug-likeness (QED) is 0.418. The summed E-state index contributed by atoms with van der Waals surface area (Å²) in [4.78, 5) is 41.4. The molecule has 0 fully saturated rings. The Morgan fingerprint density at radius 2 is 1.47 bits per heavy atom. The average molecular weight is 455 g/mol. The van der Waals surface area contributed by atoms with Crippen LogP contribution < -0.4 is 16.2 Å². The smallest absolute Gasteiger partial charge is 0.272 e. The van der Waals surface area contributed by atoms with Crippen LogP contribution in [0.2, 0.25) is 0 Å². The fourth-order valence-corrected chi connectivity index (χ4v) is 3.81. The van der Waals surface area contributed by atoms with Gasteiger partial charge in [0.2, 0.25) is 11.8 Å². The second-order valence-corrected chi connectivity index (χ2v) is 8.05. The lowest BCUT2D eigenvalue weighted by Gasteiger charge is -2.12. The molecular weight excluding hydrogens is 428 g/mol. The summed E-state index contributed by atoms with van der Waals surface area (Å²) in [5.74, 6) is -0.369. The molecule has 0 bridgehead atoms. The number of rotatable bonds is 8. The molecule has 2 N–H and O–H groups in total. The average Bonchev–Trinajstić information content (AvgIpc) is 2.84. The molecule has 2 amide bonds. The number of nitrogens with zero attached hydrogens (tertiary/aromatic N) is 2. The van der Waals surface area contributed by atoms with Crippen LogP contribution in [0.25, 0.3) is 11.0 Å². The van der Waals surface area contributed by atoms with E-state index in [1.165, 1.54) is 6.92 Å². The Balaban J connectivity index is 1.47. The van der Waals surface area contributed by atoms with Gasteiger partial charge in [-0.1, -0.05) is 42.5 Å². The summed E-state index contributed by atoms with van der Waals surface area (Å²) in [6.45, 7) is 1.97. The maximum absolute atomic E-state index is 13.2. The molecular formula is C27H26N4O3. The van der Waals surface area contributed by atoms with E-state index in [4.69, 9.17) is 0 Å². The first kappa shape index (κ1) is 22.9. The number of carbonyl (C=O) groups is 2. The Bertz CT molecular complexity index is 1360. The molecule has 1 heterocycles. The van der Waals surface area contributed by atoms with Crippen LogP contribution in [0.3, 0.4) is 0 Å². The molecule has 0 atom stereocenters. The number of hydrogen-bond donors (Lipinski definition) is 2. The number of para-hydroxylation sites is 2. The number of nitrogens with one attached hydrogen (secondary N) is 2. The van der Waals surface area contributed by atoms with Crippen molar-refractivity contribution in [2.75, 3.05) is 10.6 Å². The third-order valence-corrected chi connectivity index (χ3v) is 5.46. The minimum Gasteiger partial charge on any atom is -0.326 e. The Morgan fingerprint density at radius 1 is 0.824 bits per heavy atom. The van der Waals surface area contributed by atoms with E-state index in [-0.39, 0.29) is 30.2 Å². The number of amides is 2. The maximum atomic E-state index is 13.2. The number of carbonyl (C=O) groups excluding carboxylic acids is 2. The zero-order valence-electron chi connectivity index (χ0n) is 19.0. The van der Waals surface area contributed by atoms with Crippen LogP contribution in [0.1, 0.15) is 24.6 Å². The van der Waals surface area contributed by atoms with Gasteiger partial charge in [0, 0.05) is 37.7 Å². The lowest BCUT2D eigenvalue weighted by atomic mass is 10.1. The molecule has 34 heavy (non-hydrogen) atoms. The minimum absolute atomic E-state index is 0.132. The molecule has 0 aliphatic heterocycles. The minimum atomic E-state index is -0.211. The van der Waals surface area contributed by atoms with E-state index < -0.39 is 0 Å². The molecule has 4 aromatic rings. The highest BCUT2D eigenvalue weighted by Gasteiger charge is 2.13. The standard InChI is InChI=1S/C27H26N4O3/c1-19(32)28-21-11-13-22(14-12-21)29-26(33)16-15-24-27(34)31(18-17-20-7-3-2-4-8-20)25-10-6-5-9-23(25)30-24/h2-14H,15-18H2,1H3,(H,28,32)(H,29,33). The lowest BCUT2D eigenvalue weighted by Crippen LogP contribution is -2.27. The topological polar surface area (TPSA) is 93.1 Å². The van der Waals surface area contributed by atoms with Crippen molar-refractivity contribution in [3.05, 3.63) is 100 Å². The summed E-state index contributed by atoms with van der Waals surface area (Å²) in [5, 5.41) is 5.50. The summed E-state index contributed by atoms with van der Waals surface area (Å²) >= 11 is 0. The first-order chi connectivity index (χ1) is 16.5. The highest BCUT2D eigenvalue weighted by atomic mass is 16.2. The highest BCUT2D eigenvalue weighted by Crippen LogP contribution is 2.15. The molecule has 0 radical (unpaired) electrons. The zero-order valence-corrected chi connectivity index (χ0v) is 19.0. The fraction of sp³-hybridized carbons (Fsp3) is 0.185. The molecule has 0 aliphatic rings. The van der Waals surface area contributed by atoms with Gasteiger partial charge in [0.1, 0.15) is 5.69 Å². The van der Waals surface area contributed by atoms with Crippen molar-refractivity contribution in [1.29, 1.82) is 0 Å². The van der Waals surface area contributed by atoms with E-state index in [9.17, 15) is 14.4 Å². The van der Waals surface area contributed by atoms with Gasteiger partial charge in [-0.2, -0.15) is 0 Å². The van der Waals surface area contributed by atoms with Gasteiger partial charge >= 0.3 is 0 Å². The fourth-order valence-electron chi connectivity index (χ4n) is 3.81. The molecule has 0 spiro atoms. The van der Waals surface area contributed by atoms with Crippen molar-refractivity contribution in [2.24, 2.45) is 0 Å². The Labute approximate surface area is 197 Å². The van der Waals surface area contributed by atoms with Gasteiger partial charge in [0.25, 0.3) is 5.56 Å². The summed E-state index contributed by atoms with van der Waals surface area (Å²) < 4.78 is 1.75. The van der Waals surface area contributed by atoms with E-state index in [2.05, 4.69) is 15.6 Å². The van der Waals surface area contributed by atoms with E-state index in [0.717, 1.165) is 23.0 Å². The van der Waals surface area contributed by atoms with Crippen molar-refractivity contribution in [3.63, 3.8) is 0 Å². The largest absolute Gasteiger partial charge is 0.326 e. The molecule has 0 aliphatic carbocycles. The zero-order chi connectivity index (χ0) is 23.9. The van der Waals surface area contributed by atoms with Crippen LogP contribution in [0.15, 0.2) is 83.7 Å². The van der Waals surface area contributed by atoms with Crippen molar-refractivity contribution >= 4 is 34.2 Å². The van der Waals surface area contributed by atoms with Gasteiger partial charge < -0.3 is 15.2 Å². The Hall–Kier alpha value is -4.26. The van der Waals surface area contributed by atoms with Gasteiger partial charge in [-0.3, -0.25) is 14.4 Å². The molecule has 1 aromatic heterocycles. The van der Waals surface area contributed by atoms with Crippen molar-refractivity contribution in [2.45, 2.75) is 32.7 Å².